The number of amides is 1. The first-order chi connectivity index (χ1) is 14.0. The first kappa shape index (κ1) is 20.9. The summed E-state index contributed by atoms with van der Waals surface area (Å²) in [6, 6.07) is 6.87. The SMILES string of the molecule is CCOC(=O)[C@H](C)Oc1cccc2c(=O)n(CC(=O)N3CCCCCC3)ccc12. The van der Waals surface area contributed by atoms with Crippen LogP contribution in [-0.4, -0.2) is 47.1 Å². The summed E-state index contributed by atoms with van der Waals surface area (Å²) in [5.74, 6) is -0.0521. The monoisotopic (exact) mass is 400 g/mol. The molecule has 0 saturated carbocycles. The van der Waals surface area contributed by atoms with E-state index in [0.717, 1.165) is 38.8 Å². The first-order valence-electron chi connectivity index (χ1n) is 10.2. The Labute approximate surface area is 170 Å². The number of nitrogens with zero attached hydrogens (tertiary/aromatic N) is 2. The lowest BCUT2D eigenvalue weighted by Crippen LogP contribution is -2.37. The zero-order chi connectivity index (χ0) is 20.8. The molecule has 1 aromatic carbocycles. The molecule has 0 radical (unpaired) electrons. The third-order valence-electron chi connectivity index (χ3n) is 5.17. The summed E-state index contributed by atoms with van der Waals surface area (Å²) < 4.78 is 12.1. The lowest BCUT2D eigenvalue weighted by molar-refractivity contribution is -0.150. The standard InChI is InChI=1S/C22H28N2O5/c1-3-28-22(27)16(2)29-19-10-8-9-18-17(19)11-14-24(21(18)26)15-20(25)23-12-6-4-5-7-13-23/h8-11,14,16H,3-7,12-13,15H2,1-2H3/t16-/m0/s1. The zero-order valence-corrected chi connectivity index (χ0v) is 17.1. The Morgan fingerprint density at radius 1 is 1.07 bits per heavy atom. The highest BCUT2D eigenvalue weighted by Crippen LogP contribution is 2.24. The minimum Gasteiger partial charge on any atom is -0.478 e. The molecule has 0 bridgehead atoms. The van der Waals surface area contributed by atoms with Crippen LogP contribution in [0.5, 0.6) is 5.75 Å². The van der Waals surface area contributed by atoms with Crippen LogP contribution in [0.25, 0.3) is 10.8 Å². The molecule has 0 spiro atoms. The highest BCUT2D eigenvalue weighted by atomic mass is 16.6. The molecule has 0 N–H and O–H groups in total. The van der Waals surface area contributed by atoms with Gasteiger partial charge < -0.3 is 18.9 Å². The number of benzene rings is 1. The van der Waals surface area contributed by atoms with Crippen molar-refractivity contribution in [3.63, 3.8) is 0 Å². The topological polar surface area (TPSA) is 77.8 Å². The van der Waals surface area contributed by atoms with Gasteiger partial charge in [-0.1, -0.05) is 18.9 Å². The van der Waals surface area contributed by atoms with Gasteiger partial charge in [-0.2, -0.15) is 0 Å². The zero-order valence-electron chi connectivity index (χ0n) is 17.1. The Bertz CT molecular complexity index is 928. The molecule has 1 amide bonds. The summed E-state index contributed by atoms with van der Waals surface area (Å²) in [5.41, 5.74) is -0.250. The van der Waals surface area contributed by atoms with Crippen LogP contribution in [0.2, 0.25) is 0 Å². The largest absolute Gasteiger partial charge is 0.478 e. The van der Waals surface area contributed by atoms with E-state index in [1.165, 1.54) is 4.57 Å². The Morgan fingerprint density at radius 2 is 1.79 bits per heavy atom. The predicted molar refractivity (Wildman–Crippen MR) is 110 cm³/mol. The molecule has 1 aliphatic heterocycles. The molecule has 29 heavy (non-hydrogen) atoms. The number of rotatable bonds is 6. The molecular weight excluding hydrogens is 372 g/mol. The smallest absolute Gasteiger partial charge is 0.347 e. The van der Waals surface area contributed by atoms with Crippen LogP contribution in [0.1, 0.15) is 39.5 Å². The minimum absolute atomic E-state index is 0.0269. The Hall–Kier alpha value is -2.83. The van der Waals surface area contributed by atoms with E-state index in [1.807, 2.05) is 4.90 Å². The van der Waals surface area contributed by atoms with Crippen LogP contribution in [-0.2, 0) is 20.9 Å². The molecule has 0 aliphatic carbocycles. The predicted octanol–water partition coefficient (Wildman–Crippen LogP) is 2.73. The summed E-state index contributed by atoms with van der Waals surface area (Å²) >= 11 is 0. The van der Waals surface area contributed by atoms with E-state index in [0.29, 0.717) is 16.5 Å². The number of carbonyl (C=O) groups is 2. The van der Waals surface area contributed by atoms with Crippen molar-refractivity contribution in [2.24, 2.45) is 0 Å². The third-order valence-corrected chi connectivity index (χ3v) is 5.17. The maximum Gasteiger partial charge on any atom is 0.347 e. The molecule has 1 aromatic heterocycles. The van der Waals surface area contributed by atoms with Crippen LogP contribution in [0, 0.1) is 0 Å². The summed E-state index contributed by atoms with van der Waals surface area (Å²) in [6.07, 6.45) is 5.14. The number of fused-ring (bicyclic) bond motifs is 1. The van der Waals surface area contributed by atoms with Gasteiger partial charge in [0.2, 0.25) is 5.91 Å². The van der Waals surface area contributed by atoms with Gasteiger partial charge >= 0.3 is 5.97 Å². The Morgan fingerprint density at radius 3 is 2.48 bits per heavy atom. The second kappa shape index (κ2) is 9.58. The number of hydrogen-bond donors (Lipinski definition) is 0. The van der Waals surface area contributed by atoms with E-state index in [-0.39, 0.29) is 24.6 Å². The van der Waals surface area contributed by atoms with Crippen LogP contribution in [0.15, 0.2) is 35.3 Å². The lowest BCUT2D eigenvalue weighted by Gasteiger charge is -2.21. The second-order valence-electron chi connectivity index (χ2n) is 7.27. The van der Waals surface area contributed by atoms with Crippen molar-refractivity contribution >= 4 is 22.6 Å². The number of aromatic nitrogens is 1. The van der Waals surface area contributed by atoms with Gasteiger partial charge in [0.05, 0.1) is 12.0 Å². The molecule has 3 rings (SSSR count). The molecule has 2 aromatic rings. The highest BCUT2D eigenvalue weighted by Gasteiger charge is 2.19. The fraction of sp³-hybridized carbons (Fsp3) is 0.500. The average molecular weight is 400 g/mol. The van der Waals surface area contributed by atoms with Crippen molar-refractivity contribution in [2.75, 3.05) is 19.7 Å². The minimum atomic E-state index is -0.785. The van der Waals surface area contributed by atoms with E-state index >= 15 is 0 Å². The van der Waals surface area contributed by atoms with Gasteiger partial charge in [-0.15, -0.1) is 0 Å². The van der Waals surface area contributed by atoms with Crippen molar-refractivity contribution in [2.45, 2.75) is 52.2 Å². The molecule has 156 valence electrons. The van der Waals surface area contributed by atoms with Crippen LogP contribution in [0.4, 0.5) is 0 Å². The molecular formula is C22H28N2O5. The fourth-order valence-electron chi connectivity index (χ4n) is 3.58. The molecule has 0 unspecified atom stereocenters. The van der Waals surface area contributed by atoms with Crippen molar-refractivity contribution in [1.29, 1.82) is 0 Å². The van der Waals surface area contributed by atoms with E-state index < -0.39 is 12.1 Å². The number of ether oxygens (including phenoxy) is 2. The van der Waals surface area contributed by atoms with Crippen molar-refractivity contribution in [3.8, 4) is 5.75 Å². The van der Waals surface area contributed by atoms with Gasteiger partial charge in [0.1, 0.15) is 12.3 Å². The number of carbonyl (C=O) groups excluding carboxylic acids is 2. The second-order valence-corrected chi connectivity index (χ2v) is 7.27. The van der Waals surface area contributed by atoms with Gasteiger partial charge in [-0.25, -0.2) is 4.79 Å². The summed E-state index contributed by atoms with van der Waals surface area (Å²) in [5, 5.41) is 1.05. The summed E-state index contributed by atoms with van der Waals surface area (Å²) in [7, 11) is 0. The van der Waals surface area contributed by atoms with Gasteiger partial charge in [0.15, 0.2) is 6.10 Å². The molecule has 2 heterocycles. The molecule has 7 nitrogen and oxygen atoms in total. The van der Waals surface area contributed by atoms with Gasteiger partial charge in [0, 0.05) is 24.7 Å². The normalized spacial score (nSPS) is 15.6. The molecule has 1 saturated heterocycles. The van der Waals surface area contributed by atoms with Crippen LogP contribution >= 0.6 is 0 Å². The number of likely N-dealkylation sites (tertiary alicyclic amines) is 1. The average Bonchev–Trinajstić information content (AvgIpc) is 3.00. The Balaban J connectivity index is 1.82. The summed E-state index contributed by atoms with van der Waals surface area (Å²) in [6.45, 7) is 5.16. The van der Waals surface area contributed by atoms with Gasteiger partial charge in [-0.05, 0) is 44.9 Å². The number of hydrogen-bond acceptors (Lipinski definition) is 5. The van der Waals surface area contributed by atoms with E-state index in [1.54, 1.807) is 44.3 Å². The van der Waals surface area contributed by atoms with Gasteiger partial charge in [-0.3, -0.25) is 9.59 Å². The van der Waals surface area contributed by atoms with E-state index in [9.17, 15) is 14.4 Å². The third kappa shape index (κ3) is 4.96. The molecule has 7 heteroatoms. The van der Waals surface area contributed by atoms with E-state index in [2.05, 4.69) is 0 Å². The summed E-state index contributed by atoms with van der Waals surface area (Å²) in [4.78, 5) is 39.3. The lowest BCUT2D eigenvalue weighted by atomic mass is 10.1. The highest BCUT2D eigenvalue weighted by molar-refractivity contribution is 5.88. The quantitative estimate of drug-likeness (QED) is 0.697. The number of pyridine rings is 1. The van der Waals surface area contributed by atoms with Crippen LogP contribution < -0.4 is 10.3 Å². The maximum absolute atomic E-state index is 12.9. The molecule has 1 fully saturated rings. The Kier molecular flexibility index (Phi) is 6.90. The molecule has 1 atom stereocenters. The fourth-order valence-corrected chi connectivity index (χ4v) is 3.58. The number of esters is 1. The van der Waals surface area contributed by atoms with E-state index in [4.69, 9.17) is 9.47 Å². The first-order valence-corrected chi connectivity index (χ1v) is 10.2. The molecule has 1 aliphatic rings. The van der Waals surface area contributed by atoms with Crippen molar-refractivity contribution < 1.29 is 19.1 Å². The maximum atomic E-state index is 12.9. The van der Waals surface area contributed by atoms with Gasteiger partial charge in [0.25, 0.3) is 5.56 Å². The van der Waals surface area contributed by atoms with Crippen molar-refractivity contribution in [3.05, 3.63) is 40.8 Å². The van der Waals surface area contributed by atoms with Crippen molar-refractivity contribution in [1.82, 2.24) is 9.47 Å². The van der Waals surface area contributed by atoms with Crippen LogP contribution in [0.3, 0.4) is 0 Å².